The molecule has 8 heteroatoms. The molecule has 0 amide bonds. The van der Waals surface area contributed by atoms with Gasteiger partial charge >= 0.3 is 13.1 Å². The third-order valence-corrected chi connectivity index (χ3v) is 2.55. The van der Waals surface area contributed by atoms with Gasteiger partial charge in [0, 0.05) is 23.8 Å². The maximum absolute atomic E-state index is 11.7. The van der Waals surface area contributed by atoms with Gasteiger partial charge in [-0.15, -0.1) is 0 Å². The number of ether oxygens (including phenoxy) is 1. The van der Waals surface area contributed by atoms with Crippen molar-refractivity contribution in [2.75, 3.05) is 7.11 Å². The molecule has 0 bridgehead atoms. The molecule has 0 unspecified atom stereocenters. The average molecular weight is 296 g/mol. The molecule has 0 aliphatic rings. The number of methoxy groups -OCH3 is 1. The third-order valence-electron chi connectivity index (χ3n) is 2.55. The normalized spacial score (nSPS) is 12.9. The summed E-state index contributed by atoms with van der Waals surface area (Å²) in [6.45, 7) is 5.55. The first-order valence-corrected chi connectivity index (χ1v) is 6.55. The smallest absolute Gasteiger partial charge is 0.468 e. The van der Waals surface area contributed by atoms with Crippen LogP contribution in [-0.4, -0.2) is 46.9 Å². The highest BCUT2D eigenvalue weighted by Crippen LogP contribution is 2.07. The fourth-order valence-corrected chi connectivity index (χ4v) is 1.48. The van der Waals surface area contributed by atoms with Gasteiger partial charge in [0.15, 0.2) is 0 Å². The summed E-state index contributed by atoms with van der Waals surface area (Å²) >= 11 is 0. The largest absolute Gasteiger partial charge is 0.490 e. The predicted molar refractivity (Wildman–Crippen MR) is 77.5 cm³/mol. The molecule has 0 spiro atoms. The van der Waals surface area contributed by atoms with Crippen LogP contribution in [0.1, 0.15) is 26.5 Å². The zero-order valence-electron chi connectivity index (χ0n) is 12.7. The minimum atomic E-state index is -1.56. The summed E-state index contributed by atoms with van der Waals surface area (Å²) in [4.78, 5) is 21.2. The molecule has 3 N–H and O–H groups in total. The van der Waals surface area contributed by atoms with Crippen LogP contribution >= 0.6 is 0 Å². The summed E-state index contributed by atoms with van der Waals surface area (Å²) in [6, 6.07) is 2.45. The maximum Gasteiger partial charge on any atom is 0.490 e. The zero-order valence-corrected chi connectivity index (χ0v) is 12.7. The van der Waals surface area contributed by atoms with Crippen LogP contribution in [0.25, 0.3) is 0 Å². The quantitative estimate of drug-likeness (QED) is 0.357. The fraction of sp³-hybridized carbons (Fsp3) is 0.538. The SMILES string of the molecule is COC(=O)[C@H](Cc1ccc(B(O)O)cn1)NOC(C)(C)C. The van der Waals surface area contributed by atoms with E-state index in [9.17, 15) is 4.79 Å². The van der Waals surface area contributed by atoms with Crippen molar-refractivity contribution in [2.45, 2.75) is 38.8 Å². The zero-order chi connectivity index (χ0) is 16.0. The number of carbonyl (C=O) groups excluding carboxylic acids is 1. The van der Waals surface area contributed by atoms with E-state index in [-0.39, 0.29) is 11.9 Å². The lowest BCUT2D eigenvalue weighted by Gasteiger charge is -2.23. The molecule has 0 saturated heterocycles. The molecule has 0 aliphatic heterocycles. The minimum absolute atomic E-state index is 0.255. The van der Waals surface area contributed by atoms with Crippen LogP contribution in [0.2, 0.25) is 0 Å². The van der Waals surface area contributed by atoms with Crippen LogP contribution in [0.3, 0.4) is 0 Å². The highest BCUT2D eigenvalue weighted by Gasteiger charge is 2.23. The Labute approximate surface area is 124 Å². The minimum Gasteiger partial charge on any atom is -0.468 e. The van der Waals surface area contributed by atoms with E-state index in [2.05, 4.69) is 10.5 Å². The summed E-state index contributed by atoms with van der Waals surface area (Å²) in [7, 11) is -0.266. The van der Waals surface area contributed by atoms with Crippen LogP contribution in [0.5, 0.6) is 0 Å². The number of rotatable bonds is 6. The molecule has 1 aromatic rings. The number of hydroxylamine groups is 1. The van der Waals surface area contributed by atoms with E-state index in [1.165, 1.54) is 19.4 Å². The van der Waals surface area contributed by atoms with Crippen LogP contribution in [0.4, 0.5) is 0 Å². The molecule has 21 heavy (non-hydrogen) atoms. The fourth-order valence-electron chi connectivity index (χ4n) is 1.48. The predicted octanol–water partition coefficient (Wildman–Crippen LogP) is -0.835. The number of pyridine rings is 1. The van der Waals surface area contributed by atoms with E-state index >= 15 is 0 Å². The van der Waals surface area contributed by atoms with Crippen molar-refractivity contribution in [3.8, 4) is 0 Å². The van der Waals surface area contributed by atoms with Crippen LogP contribution in [-0.2, 0) is 20.8 Å². The van der Waals surface area contributed by atoms with Crippen molar-refractivity contribution in [1.82, 2.24) is 10.5 Å². The number of nitrogens with one attached hydrogen (secondary N) is 1. The molecule has 1 atom stereocenters. The first kappa shape index (κ1) is 17.6. The van der Waals surface area contributed by atoms with Crippen molar-refractivity contribution in [2.24, 2.45) is 0 Å². The highest BCUT2D eigenvalue weighted by molar-refractivity contribution is 6.58. The second-order valence-electron chi connectivity index (χ2n) is 5.57. The average Bonchev–Trinajstić information content (AvgIpc) is 2.42. The van der Waals surface area contributed by atoms with Gasteiger partial charge in [-0.05, 0) is 26.8 Å². The Morgan fingerprint density at radius 2 is 2.10 bits per heavy atom. The molecule has 1 heterocycles. The molecule has 1 rings (SSSR count). The van der Waals surface area contributed by atoms with Gasteiger partial charge in [0.1, 0.15) is 6.04 Å². The second-order valence-corrected chi connectivity index (χ2v) is 5.57. The van der Waals surface area contributed by atoms with Crippen molar-refractivity contribution in [1.29, 1.82) is 0 Å². The Bertz CT molecular complexity index is 459. The molecular formula is C13H21BN2O5. The van der Waals surface area contributed by atoms with Crippen molar-refractivity contribution < 1.29 is 24.4 Å². The Morgan fingerprint density at radius 3 is 2.52 bits per heavy atom. The molecular weight excluding hydrogens is 275 g/mol. The Kier molecular flexibility index (Phi) is 6.29. The van der Waals surface area contributed by atoms with Crippen LogP contribution < -0.4 is 10.9 Å². The monoisotopic (exact) mass is 296 g/mol. The number of esters is 1. The Hall–Kier alpha value is -1.48. The van der Waals surface area contributed by atoms with E-state index in [1.54, 1.807) is 6.07 Å². The first-order valence-electron chi connectivity index (χ1n) is 6.55. The van der Waals surface area contributed by atoms with Gasteiger partial charge in [0.2, 0.25) is 0 Å². The van der Waals surface area contributed by atoms with Gasteiger partial charge in [-0.3, -0.25) is 14.6 Å². The topological polar surface area (TPSA) is 101 Å². The summed E-state index contributed by atoms with van der Waals surface area (Å²) in [6.07, 6.45) is 1.60. The molecule has 1 aromatic heterocycles. The lowest BCUT2D eigenvalue weighted by Crippen LogP contribution is -2.43. The molecule has 0 aromatic carbocycles. The maximum atomic E-state index is 11.7. The standard InChI is InChI=1S/C13H21BN2O5/c1-13(2,3)21-16-11(12(17)20-4)7-10-6-5-9(8-15-10)14(18)19/h5-6,8,11,16,18-19H,7H2,1-4H3/t11-/m0/s1. The van der Waals surface area contributed by atoms with Gasteiger partial charge in [-0.25, -0.2) is 0 Å². The molecule has 0 fully saturated rings. The van der Waals surface area contributed by atoms with E-state index in [1.807, 2.05) is 20.8 Å². The lowest BCUT2D eigenvalue weighted by atomic mass is 9.81. The Morgan fingerprint density at radius 1 is 1.43 bits per heavy atom. The number of hydrogen-bond donors (Lipinski definition) is 3. The molecule has 0 saturated carbocycles. The number of nitrogens with zero attached hydrogens (tertiary/aromatic N) is 1. The van der Waals surface area contributed by atoms with E-state index in [4.69, 9.17) is 19.6 Å². The molecule has 7 nitrogen and oxygen atoms in total. The highest BCUT2D eigenvalue weighted by atomic mass is 16.7. The van der Waals surface area contributed by atoms with E-state index < -0.39 is 24.7 Å². The van der Waals surface area contributed by atoms with Gasteiger partial charge in [0.05, 0.1) is 12.7 Å². The van der Waals surface area contributed by atoms with Crippen molar-refractivity contribution in [3.63, 3.8) is 0 Å². The van der Waals surface area contributed by atoms with Gasteiger partial charge < -0.3 is 14.8 Å². The van der Waals surface area contributed by atoms with Crippen molar-refractivity contribution in [3.05, 3.63) is 24.0 Å². The van der Waals surface area contributed by atoms with Crippen LogP contribution in [0, 0.1) is 0 Å². The van der Waals surface area contributed by atoms with Gasteiger partial charge in [0.25, 0.3) is 0 Å². The lowest BCUT2D eigenvalue weighted by molar-refractivity contribution is -0.153. The second kappa shape index (κ2) is 7.51. The number of carbonyl (C=O) groups is 1. The summed E-state index contributed by atoms with van der Waals surface area (Å²) in [5.74, 6) is -0.465. The summed E-state index contributed by atoms with van der Waals surface area (Å²) < 4.78 is 4.72. The van der Waals surface area contributed by atoms with Crippen molar-refractivity contribution >= 4 is 18.6 Å². The molecule has 116 valence electrons. The van der Waals surface area contributed by atoms with E-state index in [0.717, 1.165) is 0 Å². The van der Waals surface area contributed by atoms with Gasteiger partial charge in [-0.1, -0.05) is 6.07 Å². The summed E-state index contributed by atoms with van der Waals surface area (Å²) in [5, 5.41) is 18.0. The van der Waals surface area contributed by atoms with Gasteiger partial charge in [-0.2, -0.15) is 5.48 Å². The third kappa shape index (κ3) is 6.22. The van der Waals surface area contributed by atoms with E-state index in [0.29, 0.717) is 5.69 Å². The van der Waals surface area contributed by atoms with Crippen LogP contribution in [0.15, 0.2) is 18.3 Å². The number of hydrogen-bond acceptors (Lipinski definition) is 7. The number of aromatic nitrogens is 1. The molecule has 0 radical (unpaired) electrons. The molecule has 0 aliphatic carbocycles. The first-order chi connectivity index (χ1) is 9.73. The Balaban J connectivity index is 2.74. The summed E-state index contributed by atoms with van der Waals surface area (Å²) in [5.41, 5.74) is 3.11.